The van der Waals surface area contributed by atoms with Gasteiger partial charge in [0.15, 0.2) is 0 Å². The number of rotatable bonds is 5. The molecule has 2 atom stereocenters. The summed E-state index contributed by atoms with van der Waals surface area (Å²) in [6, 6.07) is 9.61. The van der Waals surface area contributed by atoms with E-state index in [9.17, 15) is 0 Å². The molecule has 3 heteroatoms. The molecule has 2 fully saturated rings. The van der Waals surface area contributed by atoms with E-state index in [-0.39, 0.29) is 0 Å². The minimum Gasteiger partial charge on any atom is -0.382 e. The van der Waals surface area contributed by atoms with E-state index in [2.05, 4.69) is 41.3 Å². The highest BCUT2D eigenvalue weighted by Gasteiger charge is 2.25. The molecule has 2 nitrogen and oxygen atoms in total. The van der Waals surface area contributed by atoms with Crippen LogP contribution in [0.15, 0.2) is 29.2 Å². The van der Waals surface area contributed by atoms with E-state index in [1.54, 1.807) is 0 Å². The SMILES string of the molecule is NCC1CCCC1Nc1ccc(SC2CCCC2)cc1. The van der Waals surface area contributed by atoms with E-state index in [1.165, 1.54) is 55.5 Å². The van der Waals surface area contributed by atoms with Crippen molar-refractivity contribution in [1.29, 1.82) is 0 Å². The predicted octanol–water partition coefficient (Wildman–Crippen LogP) is 4.26. The lowest BCUT2D eigenvalue weighted by atomic mass is 10.0. The molecular weight excluding hydrogens is 264 g/mol. The first-order valence-corrected chi connectivity index (χ1v) is 8.96. The van der Waals surface area contributed by atoms with E-state index in [4.69, 9.17) is 5.73 Å². The highest BCUT2D eigenvalue weighted by atomic mass is 32.2. The Labute approximate surface area is 126 Å². The topological polar surface area (TPSA) is 38.0 Å². The van der Waals surface area contributed by atoms with Gasteiger partial charge in [-0.25, -0.2) is 0 Å². The second-order valence-electron chi connectivity index (χ2n) is 6.23. The van der Waals surface area contributed by atoms with Crippen LogP contribution >= 0.6 is 11.8 Å². The van der Waals surface area contributed by atoms with Gasteiger partial charge in [-0.3, -0.25) is 0 Å². The quantitative estimate of drug-likeness (QED) is 0.851. The molecule has 20 heavy (non-hydrogen) atoms. The molecule has 3 rings (SSSR count). The maximum absolute atomic E-state index is 5.85. The largest absolute Gasteiger partial charge is 0.382 e. The summed E-state index contributed by atoms with van der Waals surface area (Å²) in [4.78, 5) is 1.42. The average molecular weight is 290 g/mol. The molecule has 0 heterocycles. The average Bonchev–Trinajstić information content (AvgIpc) is 3.12. The molecule has 2 aliphatic rings. The van der Waals surface area contributed by atoms with Crippen LogP contribution in [0.25, 0.3) is 0 Å². The summed E-state index contributed by atoms with van der Waals surface area (Å²) >= 11 is 2.06. The van der Waals surface area contributed by atoms with Crippen LogP contribution in [0, 0.1) is 5.92 Å². The Morgan fingerprint density at radius 3 is 2.45 bits per heavy atom. The Hall–Kier alpha value is -0.670. The molecule has 1 aromatic carbocycles. The first-order chi connectivity index (χ1) is 9.85. The van der Waals surface area contributed by atoms with E-state index in [0.717, 1.165) is 11.8 Å². The van der Waals surface area contributed by atoms with Crippen LogP contribution < -0.4 is 11.1 Å². The van der Waals surface area contributed by atoms with Crippen molar-refractivity contribution in [1.82, 2.24) is 0 Å². The molecule has 0 saturated heterocycles. The van der Waals surface area contributed by atoms with Crippen molar-refractivity contribution in [2.75, 3.05) is 11.9 Å². The molecule has 110 valence electrons. The number of benzene rings is 1. The number of thioether (sulfide) groups is 1. The smallest absolute Gasteiger partial charge is 0.0343 e. The molecule has 2 aliphatic carbocycles. The molecule has 2 unspecified atom stereocenters. The second-order valence-corrected chi connectivity index (χ2v) is 7.60. The Kier molecular flexibility index (Phi) is 4.90. The van der Waals surface area contributed by atoms with Gasteiger partial charge in [-0.2, -0.15) is 0 Å². The first-order valence-electron chi connectivity index (χ1n) is 8.08. The second kappa shape index (κ2) is 6.86. The van der Waals surface area contributed by atoms with Gasteiger partial charge < -0.3 is 11.1 Å². The van der Waals surface area contributed by atoms with Crippen LogP contribution in [0.5, 0.6) is 0 Å². The maximum atomic E-state index is 5.85. The zero-order chi connectivity index (χ0) is 13.8. The molecule has 0 spiro atoms. The van der Waals surface area contributed by atoms with Crippen molar-refractivity contribution in [2.45, 2.75) is 61.1 Å². The molecule has 0 radical (unpaired) electrons. The molecule has 3 N–H and O–H groups in total. The summed E-state index contributed by atoms with van der Waals surface area (Å²) in [5, 5.41) is 4.53. The third-order valence-corrected chi connectivity index (χ3v) is 6.12. The number of hydrogen-bond acceptors (Lipinski definition) is 3. The van der Waals surface area contributed by atoms with Crippen LogP contribution in [0.3, 0.4) is 0 Å². The number of nitrogens with one attached hydrogen (secondary N) is 1. The van der Waals surface area contributed by atoms with Gasteiger partial charge in [-0.1, -0.05) is 19.3 Å². The number of hydrogen-bond donors (Lipinski definition) is 2. The summed E-state index contributed by atoms with van der Waals surface area (Å²) in [5.74, 6) is 0.655. The first kappa shape index (κ1) is 14.3. The molecule has 0 amide bonds. The molecule has 0 aliphatic heterocycles. The molecule has 0 aromatic heterocycles. The van der Waals surface area contributed by atoms with Gasteiger partial charge in [-0.05, 0) is 62.4 Å². The summed E-state index contributed by atoms with van der Waals surface area (Å²) in [6.45, 7) is 0.813. The van der Waals surface area contributed by atoms with Crippen LogP contribution in [-0.4, -0.2) is 17.8 Å². The summed E-state index contributed by atoms with van der Waals surface area (Å²) < 4.78 is 0. The van der Waals surface area contributed by atoms with Crippen molar-refractivity contribution < 1.29 is 0 Å². The van der Waals surface area contributed by atoms with E-state index < -0.39 is 0 Å². The third kappa shape index (κ3) is 3.50. The Balaban J connectivity index is 1.55. The predicted molar refractivity (Wildman–Crippen MR) is 88.4 cm³/mol. The molecule has 2 saturated carbocycles. The van der Waals surface area contributed by atoms with Crippen LogP contribution in [0.2, 0.25) is 0 Å². The van der Waals surface area contributed by atoms with Gasteiger partial charge >= 0.3 is 0 Å². The normalized spacial score (nSPS) is 27.1. The van der Waals surface area contributed by atoms with E-state index in [0.29, 0.717) is 12.0 Å². The van der Waals surface area contributed by atoms with Gasteiger partial charge in [0, 0.05) is 21.9 Å². The fourth-order valence-corrected chi connectivity index (χ4v) is 4.80. The van der Waals surface area contributed by atoms with Crippen molar-refractivity contribution in [3.63, 3.8) is 0 Å². The van der Waals surface area contributed by atoms with Crippen molar-refractivity contribution in [3.8, 4) is 0 Å². The van der Waals surface area contributed by atoms with E-state index in [1.807, 2.05) is 0 Å². The molecular formula is C17H26N2S. The fraction of sp³-hybridized carbons (Fsp3) is 0.647. The molecule has 1 aromatic rings. The summed E-state index contributed by atoms with van der Waals surface area (Å²) in [7, 11) is 0. The fourth-order valence-electron chi connectivity index (χ4n) is 3.55. The highest BCUT2D eigenvalue weighted by molar-refractivity contribution is 8.00. The zero-order valence-electron chi connectivity index (χ0n) is 12.2. The lowest BCUT2D eigenvalue weighted by Gasteiger charge is -2.21. The minimum atomic E-state index is 0.577. The summed E-state index contributed by atoms with van der Waals surface area (Å²) in [5.41, 5.74) is 7.11. The van der Waals surface area contributed by atoms with Gasteiger partial charge in [0.1, 0.15) is 0 Å². The lowest BCUT2D eigenvalue weighted by molar-refractivity contribution is 0.516. The Morgan fingerprint density at radius 1 is 1.00 bits per heavy atom. The Bertz CT molecular complexity index is 412. The van der Waals surface area contributed by atoms with Gasteiger partial charge in [0.05, 0.1) is 0 Å². The number of nitrogens with two attached hydrogens (primary N) is 1. The van der Waals surface area contributed by atoms with Crippen molar-refractivity contribution >= 4 is 17.4 Å². The van der Waals surface area contributed by atoms with Gasteiger partial charge in [-0.15, -0.1) is 11.8 Å². The Morgan fingerprint density at radius 2 is 1.75 bits per heavy atom. The van der Waals surface area contributed by atoms with E-state index >= 15 is 0 Å². The minimum absolute atomic E-state index is 0.577. The number of anilines is 1. The van der Waals surface area contributed by atoms with Crippen molar-refractivity contribution in [3.05, 3.63) is 24.3 Å². The third-order valence-electron chi connectivity index (χ3n) is 4.77. The van der Waals surface area contributed by atoms with Gasteiger partial charge in [0.2, 0.25) is 0 Å². The highest BCUT2D eigenvalue weighted by Crippen LogP contribution is 2.35. The van der Waals surface area contributed by atoms with Gasteiger partial charge in [0.25, 0.3) is 0 Å². The maximum Gasteiger partial charge on any atom is 0.0343 e. The van der Waals surface area contributed by atoms with Crippen LogP contribution in [-0.2, 0) is 0 Å². The molecule has 0 bridgehead atoms. The van der Waals surface area contributed by atoms with Crippen molar-refractivity contribution in [2.24, 2.45) is 11.7 Å². The standard InChI is InChI=1S/C17H26N2S/c18-12-13-4-3-7-17(13)19-14-8-10-16(11-9-14)20-15-5-1-2-6-15/h8-11,13,15,17,19H,1-7,12,18H2. The summed E-state index contributed by atoms with van der Waals surface area (Å²) in [6.07, 6.45) is 9.48. The van der Waals surface area contributed by atoms with Crippen LogP contribution in [0.1, 0.15) is 44.9 Å². The zero-order valence-corrected chi connectivity index (χ0v) is 13.0. The van der Waals surface area contributed by atoms with Crippen LogP contribution in [0.4, 0.5) is 5.69 Å². The lowest BCUT2D eigenvalue weighted by Crippen LogP contribution is -2.29. The monoisotopic (exact) mass is 290 g/mol.